The van der Waals surface area contributed by atoms with Crippen LogP contribution >= 0.6 is 0 Å². The Labute approximate surface area is 125 Å². The van der Waals surface area contributed by atoms with Gasteiger partial charge in [0, 0.05) is 13.1 Å². The Kier molecular flexibility index (Phi) is 3.62. The van der Waals surface area contributed by atoms with Crippen molar-refractivity contribution in [1.29, 1.82) is 0 Å². The number of nitrogens with zero attached hydrogens (tertiary/aromatic N) is 2. The molecule has 0 unspecified atom stereocenters. The van der Waals surface area contributed by atoms with Crippen molar-refractivity contribution in [2.45, 2.75) is 0 Å². The second kappa shape index (κ2) is 5.58. The average Bonchev–Trinajstić information content (AvgIpc) is 2.60. The summed E-state index contributed by atoms with van der Waals surface area (Å²) in [4.78, 5) is 16.8. The molecule has 1 aliphatic heterocycles. The molecule has 4 heteroatoms. The van der Waals surface area contributed by atoms with Crippen LogP contribution in [0, 0.1) is 0 Å². The van der Waals surface area contributed by atoms with Gasteiger partial charge in [-0.05, 0) is 38.4 Å². The molecule has 1 amide bonds. The second-order valence-corrected chi connectivity index (χ2v) is 5.45. The fraction of sp³-hybridized carbons (Fsp3) is 0.235. The van der Waals surface area contributed by atoms with E-state index in [1.54, 1.807) is 0 Å². The lowest BCUT2D eigenvalue weighted by molar-refractivity contribution is 0.0986. The van der Waals surface area contributed by atoms with Crippen LogP contribution in [0.5, 0.6) is 0 Å². The van der Waals surface area contributed by atoms with Crippen LogP contribution < -0.4 is 10.2 Å². The van der Waals surface area contributed by atoms with E-state index >= 15 is 0 Å². The number of hydrogen-bond donors (Lipinski definition) is 1. The van der Waals surface area contributed by atoms with E-state index in [1.165, 1.54) is 0 Å². The monoisotopic (exact) mass is 281 g/mol. The zero-order valence-corrected chi connectivity index (χ0v) is 12.3. The third-order valence-corrected chi connectivity index (χ3v) is 3.64. The van der Waals surface area contributed by atoms with Gasteiger partial charge in [0.2, 0.25) is 0 Å². The molecule has 0 radical (unpaired) electrons. The third-order valence-electron chi connectivity index (χ3n) is 3.64. The predicted octanol–water partition coefficient (Wildman–Crippen LogP) is 2.95. The molecule has 0 aromatic heterocycles. The average molecular weight is 281 g/mol. The van der Waals surface area contributed by atoms with Crippen molar-refractivity contribution < 1.29 is 4.79 Å². The minimum absolute atomic E-state index is 0.0462. The van der Waals surface area contributed by atoms with E-state index < -0.39 is 0 Å². The summed E-state index contributed by atoms with van der Waals surface area (Å²) in [5.74, 6) is 0.0462. The van der Waals surface area contributed by atoms with Crippen molar-refractivity contribution in [3.63, 3.8) is 0 Å². The van der Waals surface area contributed by atoms with Gasteiger partial charge < -0.3 is 15.1 Å². The highest BCUT2D eigenvalue weighted by molar-refractivity contribution is 6.13. The topological polar surface area (TPSA) is 35.6 Å². The Morgan fingerprint density at radius 2 is 1.67 bits per heavy atom. The van der Waals surface area contributed by atoms with Crippen LogP contribution in [0.3, 0.4) is 0 Å². The number of hydrogen-bond acceptors (Lipinski definition) is 3. The van der Waals surface area contributed by atoms with Gasteiger partial charge >= 0.3 is 0 Å². The lowest BCUT2D eigenvalue weighted by Crippen LogP contribution is -2.36. The summed E-state index contributed by atoms with van der Waals surface area (Å²) in [6.45, 7) is 1.49. The normalized spacial score (nSPS) is 13.5. The fourth-order valence-corrected chi connectivity index (χ4v) is 2.52. The van der Waals surface area contributed by atoms with E-state index in [0.29, 0.717) is 12.1 Å². The minimum atomic E-state index is 0.0462. The van der Waals surface area contributed by atoms with Crippen LogP contribution in [0.15, 0.2) is 48.5 Å². The molecule has 3 rings (SSSR count). The van der Waals surface area contributed by atoms with Crippen LogP contribution in [0.4, 0.5) is 17.1 Å². The zero-order chi connectivity index (χ0) is 14.8. The molecule has 0 spiro atoms. The van der Waals surface area contributed by atoms with Crippen molar-refractivity contribution in [1.82, 2.24) is 4.90 Å². The molecule has 0 saturated heterocycles. The number of benzene rings is 2. The summed E-state index contributed by atoms with van der Waals surface area (Å²) in [5.41, 5.74) is 3.48. The first-order valence-electron chi connectivity index (χ1n) is 7.08. The quantitative estimate of drug-likeness (QED) is 0.939. The van der Waals surface area contributed by atoms with E-state index in [4.69, 9.17) is 0 Å². The van der Waals surface area contributed by atoms with E-state index in [2.05, 4.69) is 10.2 Å². The second-order valence-electron chi connectivity index (χ2n) is 5.45. The zero-order valence-electron chi connectivity index (χ0n) is 12.3. The largest absolute Gasteiger partial charge is 0.353 e. The van der Waals surface area contributed by atoms with Crippen LogP contribution in [0.2, 0.25) is 0 Å². The van der Waals surface area contributed by atoms with Crippen molar-refractivity contribution in [2.24, 2.45) is 0 Å². The van der Waals surface area contributed by atoms with Crippen molar-refractivity contribution in [2.75, 3.05) is 37.4 Å². The number of nitrogens with one attached hydrogen (secondary N) is 1. The number of carbonyl (C=O) groups excluding carboxylic acids is 1. The number of anilines is 3. The van der Waals surface area contributed by atoms with Crippen LogP contribution in [0.25, 0.3) is 0 Å². The van der Waals surface area contributed by atoms with Gasteiger partial charge in [0.05, 0.1) is 22.6 Å². The molecule has 0 fully saturated rings. The first kappa shape index (κ1) is 13.6. The summed E-state index contributed by atoms with van der Waals surface area (Å²) in [6.07, 6.45) is 0. The molecule has 0 bridgehead atoms. The molecular formula is C17H19N3O. The first-order valence-corrected chi connectivity index (χ1v) is 7.08. The SMILES string of the molecule is CN(C)CCN1C(=O)c2ccccc2Nc2ccccc21. The molecule has 1 aliphatic rings. The number of fused-ring (bicyclic) bond motifs is 2. The number of carbonyl (C=O) groups is 1. The molecule has 21 heavy (non-hydrogen) atoms. The van der Waals surface area contributed by atoms with Gasteiger partial charge in [-0.1, -0.05) is 24.3 Å². The molecule has 4 nitrogen and oxygen atoms in total. The van der Waals surface area contributed by atoms with Gasteiger partial charge in [0.1, 0.15) is 0 Å². The molecule has 1 heterocycles. The third kappa shape index (κ3) is 2.62. The van der Waals surface area contributed by atoms with Gasteiger partial charge in [0.15, 0.2) is 0 Å². The smallest absolute Gasteiger partial charge is 0.260 e. The van der Waals surface area contributed by atoms with Crippen molar-refractivity contribution >= 4 is 23.0 Å². The minimum Gasteiger partial charge on any atom is -0.353 e. The highest BCUT2D eigenvalue weighted by Gasteiger charge is 2.25. The molecule has 2 aromatic rings. The van der Waals surface area contributed by atoms with E-state index in [9.17, 15) is 4.79 Å². The highest BCUT2D eigenvalue weighted by Crippen LogP contribution is 2.35. The Bertz CT molecular complexity index is 667. The summed E-state index contributed by atoms with van der Waals surface area (Å²) >= 11 is 0. The summed E-state index contributed by atoms with van der Waals surface area (Å²) < 4.78 is 0. The highest BCUT2D eigenvalue weighted by atomic mass is 16.2. The summed E-state index contributed by atoms with van der Waals surface area (Å²) in [5, 5.41) is 3.37. The van der Waals surface area contributed by atoms with E-state index in [1.807, 2.05) is 67.5 Å². The Hall–Kier alpha value is -2.33. The van der Waals surface area contributed by atoms with Crippen molar-refractivity contribution in [3.05, 3.63) is 54.1 Å². The molecule has 108 valence electrons. The van der Waals surface area contributed by atoms with E-state index in [-0.39, 0.29) is 5.91 Å². The van der Waals surface area contributed by atoms with Crippen molar-refractivity contribution in [3.8, 4) is 0 Å². The van der Waals surface area contributed by atoms with Gasteiger partial charge in [0.25, 0.3) is 5.91 Å². The summed E-state index contributed by atoms with van der Waals surface area (Å²) in [6, 6.07) is 15.6. The number of likely N-dealkylation sites (N-methyl/N-ethyl adjacent to an activating group) is 1. The standard InChI is InChI=1S/C17H19N3O/c1-19(2)11-12-20-16-10-6-5-9-15(16)18-14-8-4-3-7-13(14)17(20)21/h3-10,18H,11-12H2,1-2H3. The lowest BCUT2D eigenvalue weighted by Gasteiger charge is -2.24. The number of para-hydroxylation sites is 3. The molecule has 0 atom stereocenters. The lowest BCUT2D eigenvalue weighted by atomic mass is 10.1. The van der Waals surface area contributed by atoms with Crippen LogP contribution in [-0.2, 0) is 0 Å². The van der Waals surface area contributed by atoms with Gasteiger partial charge in [-0.2, -0.15) is 0 Å². The molecule has 0 saturated carbocycles. The number of rotatable bonds is 3. The molecule has 2 aromatic carbocycles. The Morgan fingerprint density at radius 3 is 2.43 bits per heavy atom. The van der Waals surface area contributed by atoms with Gasteiger partial charge in [-0.25, -0.2) is 0 Å². The molecular weight excluding hydrogens is 262 g/mol. The van der Waals surface area contributed by atoms with Crippen LogP contribution in [0.1, 0.15) is 10.4 Å². The fourth-order valence-electron chi connectivity index (χ4n) is 2.52. The first-order chi connectivity index (χ1) is 10.2. The maximum Gasteiger partial charge on any atom is 0.260 e. The summed E-state index contributed by atoms with van der Waals surface area (Å²) in [7, 11) is 4.03. The molecule has 1 N–H and O–H groups in total. The maximum atomic E-state index is 12.9. The Balaban J connectivity index is 2.07. The van der Waals surface area contributed by atoms with Gasteiger partial charge in [-0.15, -0.1) is 0 Å². The number of amides is 1. The maximum absolute atomic E-state index is 12.9. The van der Waals surface area contributed by atoms with Crippen LogP contribution in [-0.4, -0.2) is 38.0 Å². The van der Waals surface area contributed by atoms with Gasteiger partial charge in [-0.3, -0.25) is 4.79 Å². The molecule has 0 aliphatic carbocycles. The predicted molar refractivity (Wildman–Crippen MR) is 86.4 cm³/mol. The van der Waals surface area contributed by atoms with E-state index in [0.717, 1.165) is 23.6 Å². The Morgan fingerprint density at radius 1 is 1.00 bits per heavy atom.